The quantitative estimate of drug-likeness (QED) is 0.778. The Hall–Kier alpha value is -2.14. The number of hydrogen-bond donors (Lipinski definition) is 1. The molecule has 3 rings (SSSR count). The summed E-state index contributed by atoms with van der Waals surface area (Å²) in [4.78, 5) is 4.67. The lowest BCUT2D eigenvalue weighted by atomic mass is 10.3. The van der Waals surface area contributed by atoms with Crippen molar-refractivity contribution in [3.63, 3.8) is 0 Å². The van der Waals surface area contributed by atoms with Crippen molar-refractivity contribution in [3.05, 3.63) is 48.1 Å². The van der Waals surface area contributed by atoms with Crippen LogP contribution in [0.4, 0.5) is 0 Å². The number of nitrogens with zero attached hydrogens (tertiary/aromatic N) is 3. The Morgan fingerprint density at radius 3 is 2.89 bits per heavy atom. The SMILES string of the molecule is CC(NCc1ccno1)c1nc2ccccc2n1C. The van der Waals surface area contributed by atoms with Gasteiger partial charge >= 0.3 is 0 Å². The molecule has 0 saturated carbocycles. The van der Waals surface area contributed by atoms with E-state index in [0.717, 1.165) is 22.6 Å². The molecular formula is C14H16N4O. The lowest BCUT2D eigenvalue weighted by Gasteiger charge is -2.12. The third kappa shape index (κ3) is 2.24. The highest BCUT2D eigenvalue weighted by Crippen LogP contribution is 2.19. The molecule has 3 aromatic rings. The van der Waals surface area contributed by atoms with Crippen LogP contribution >= 0.6 is 0 Å². The molecule has 0 aliphatic rings. The molecule has 0 spiro atoms. The summed E-state index contributed by atoms with van der Waals surface area (Å²) in [5, 5.41) is 7.08. The number of benzene rings is 1. The van der Waals surface area contributed by atoms with Crippen molar-refractivity contribution >= 4 is 11.0 Å². The summed E-state index contributed by atoms with van der Waals surface area (Å²) >= 11 is 0. The van der Waals surface area contributed by atoms with E-state index in [9.17, 15) is 0 Å². The lowest BCUT2D eigenvalue weighted by molar-refractivity contribution is 0.363. The fraction of sp³-hybridized carbons (Fsp3) is 0.286. The van der Waals surface area contributed by atoms with Crippen LogP contribution in [0.2, 0.25) is 0 Å². The minimum Gasteiger partial charge on any atom is -0.360 e. The molecule has 5 heteroatoms. The van der Waals surface area contributed by atoms with Crippen molar-refractivity contribution in [2.24, 2.45) is 7.05 Å². The Morgan fingerprint density at radius 2 is 2.16 bits per heavy atom. The van der Waals surface area contributed by atoms with Crippen LogP contribution in [-0.2, 0) is 13.6 Å². The number of rotatable bonds is 4. The standard InChI is InChI=1S/C14H16N4O/c1-10(15-9-11-7-8-16-19-11)14-17-12-5-3-4-6-13(12)18(14)2/h3-8,10,15H,9H2,1-2H3. The van der Waals surface area contributed by atoms with Crippen LogP contribution in [0.3, 0.4) is 0 Å². The van der Waals surface area contributed by atoms with Gasteiger partial charge in [0.1, 0.15) is 11.6 Å². The number of hydrogen-bond acceptors (Lipinski definition) is 4. The van der Waals surface area contributed by atoms with Gasteiger partial charge in [0.2, 0.25) is 0 Å². The van der Waals surface area contributed by atoms with E-state index in [-0.39, 0.29) is 6.04 Å². The summed E-state index contributed by atoms with van der Waals surface area (Å²) < 4.78 is 7.19. The van der Waals surface area contributed by atoms with Crippen LogP contribution in [0.5, 0.6) is 0 Å². The first-order valence-corrected chi connectivity index (χ1v) is 6.30. The maximum atomic E-state index is 5.07. The zero-order chi connectivity index (χ0) is 13.2. The third-order valence-corrected chi connectivity index (χ3v) is 3.28. The third-order valence-electron chi connectivity index (χ3n) is 3.28. The van der Waals surface area contributed by atoms with Crippen molar-refractivity contribution in [2.75, 3.05) is 0 Å². The molecule has 0 amide bonds. The van der Waals surface area contributed by atoms with Gasteiger partial charge in [-0.2, -0.15) is 0 Å². The normalized spacial score (nSPS) is 12.9. The van der Waals surface area contributed by atoms with Crippen LogP contribution < -0.4 is 5.32 Å². The van der Waals surface area contributed by atoms with E-state index < -0.39 is 0 Å². The summed E-state index contributed by atoms with van der Waals surface area (Å²) in [5.41, 5.74) is 2.17. The topological polar surface area (TPSA) is 55.9 Å². The van der Waals surface area contributed by atoms with Gasteiger partial charge in [-0.25, -0.2) is 4.98 Å². The van der Waals surface area contributed by atoms with E-state index >= 15 is 0 Å². The average molecular weight is 256 g/mol. The van der Waals surface area contributed by atoms with Gasteiger partial charge in [-0.1, -0.05) is 17.3 Å². The fourth-order valence-corrected chi connectivity index (χ4v) is 2.23. The zero-order valence-electron chi connectivity index (χ0n) is 11.0. The zero-order valence-corrected chi connectivity index (χ0v) is 11.0. The second kappa shape index (κ2) is 4.85. The predicted octanol–water partition coefficient (Wildman–Crippen LogP) is 2.41. The predicted molar refractivity (Wildman–Crippen MR) is 72.5 cm³/mol. The maximum absolute atomic E-state index is 5.07. The Labute approximate surface area is 111 Å². The minimum atomic E-state index is 0.141. The first-order valence-electron chi connectivity index (χ1n) is 6.30. The van der Waals surface area contributed by atoms with Crippen molar-refractivity contribution in [3.8, 4) is 0 Å². The molecule has 0 fully saturated rings. The number of fused-ring (bicyclic) bond motifs is 1. The van der Waals surface area contributed by atoms with Crippen LogP contribution in [0.15, 0.2) is 41.1 Å². The maximum Gasteiger partial charge on any atom is 0.150 e. The molecule has 0 aliphatic carbocycles. The molecule has 1 aromatic carbocycles. The molecule has 1 atom stereocenters. The van der Waals surface area contributed by atoms with E-state index in [0.29, 0.717) is 6.54 Å². The first-order chi connectivity index (χ1) is 9.25. The van der Waals surface area contributed by atoms with Crippen molar-refractivity contribution in [1.29, 1.82) is 0 Å². The molecule has 0 aliphatic heterocycles. The molecule has 1 unspecified atom stereocenters. The number of aryl methyl sites for hydroxylation is 1. The van der Waals surface area contributed by atoms with Crippen LogP contribution in [-0.4, -0.2) is 14.7 Å². The van der Waals surface area contributed by atoms with Crippen molar-refractivity contribution < 1.29 is 4.52 Å². The largest absolute Gasteiger partial charge is 0.360 e. The monoisotopic (exact) mass is 256 g/mol. The number of para-hydroxylation sites is 2. The van der Waals surface area contributed by atoms with E-state index in [4.69, 9.17) is 4.52 Å². The molecule has 2 aromatic heterocycles. The molecule has 0 saturated heterocycles. The van der Waals surface area contributed by atoms with Crippen LogP contribution in [0, 0.1) is 0 Å². The van der Waals surface area contributed by atoms with Gasteiger partial charge in [0.05, 0.1) is 29.8 Å². The molecule has 98 valence electrons. The number of nitrogens with one attached hydrogen (secondary N) is 1. The minimum absolute atomic E-state index is 0.141. The number of imidazole rings is 1. The van der Waals surface area contributed by atoms with Gasteiger partial charge < -0.3 is 14.4 Å². The van der Waals surface area contributed by atoms with E-state index in [1.807, 2.05) is 31.3 Å². The summed E-state index contributed by atoms with van der Waals surface area (Å²) in [7, 11) is 2.04. The Morgan fingerprint density at radius 1 is 1.32 bits per heavy atom. The molecular weight excluding hydrogens is 240 g/mol. The highest BCUT2D eigenvalue weighted by molar-refractivity contribution is 5.75. The highest BCUT2D eigenvalue weighted by atomic mass is 16.5. The first kappa shape index (κ1) is 11.9. The second-order valence-electron chi connectivity index (χ2n) is 4.60. The summed E-state index contributed by atoms with van der Waals surface area (Å²) in [6.45, 7) is 2.74. The summed E-state index contributed by atoms with van der Waals surface area (Å²) in [6, 6.07) is 10.1. The molecule has 0 radical (unpaired) electrons. The molecule has 0 bridgehead atoms. The smallest absolute Gasteiger partial charge is 0.150 e. The van der Waals surface area contributed by atoms with E-state index in [2.05, 4.69) is 33.0 Å². The van der Waals surface area contributed by atoms with Crippen LogP contribution in [0.25, 0.3) is 11.0 Å². The van der Waals surface area contributed by atoms with Crippen LogP contribution in [0.1, 0.15) is 24.6 Å². The molecule has 19 heavy (non-hydrogen) atoms. The van der Waals surface area contributed by atoms with Crippen molar-refractivity contribution in [2.45, 2.75) is 19.5 Å². The molecule has 1 N–H and O–H groups in total. The summed E-state index contributed by atoms with van der Waals surface area (Å²) in [5.74, 6) is 1.84. The van der Waals surface area contributed by atoms with Gasteiger partial charge in [0.25, 0.3) is 0 Å². The van der Waals surface area contributed by atoms with Gasteiger partial charge in [-0.3, -0.25) is 0 Å². The Bertz CT molecular complexity index is 672. The van der Waals surface area contributed by atoms with Gasteiger partial charge in [-0.15, -0.1) is 0 Å². The van der Waals surface area contributed by atoms with Gasteiger partial charge in [0.15, 0.2) is 0 Å². The second-order valence-corrected chi connectivity index (χ2v) is 4.60. The molecule has 2 heterocycles. The fourth-order valence-electron chi connectivity index (χ4n) is 2.23. The van der Waals surface area contributed by atoms with E-state index in [1.54, 1.807) is 6.20 Å². The van der Waals surface area contributed by atoms with E-state index in [1.165, 1.54) is 0 Å². The lowest BCUT2D eigenvalue weighted by Crippen LogP contribution is -2.20. The van der Waals surface area contributed by atoms with Crippen molar-refractivity contribution in [1.82, 2.24) is 20.0 Å². The summed E-state index contributed by atoms with van der Waals surface area (Å²) in [6.07, 6.45) is 1.65. The number of aromatic nitrogens is 3. The highest BCUT2D eigenvalue weighted by Gasteiger charge is 2.14. The Kier molecular flexibility index (Phi) is 3.05. The van der Waals surface area contributed by atoms with Gasteiger partial charge in [0, 0.05) is 13.1 Å². The average Bonchev–Trinajstić information content (AvgIpc) is 3.05. The Balaban J connectivity index is 1.81. The van der Waals surface area contributed by atoms with Gasteiger partial charge in [-0.05, 0) is 19.1 Å². The molecule has 5 nitrogen and oxygen atoms in total.